The maximum atomic E-state index is 11.9. The van der Waals surface area contributed by atoms with Crippen LogP contribution in [0.25, 0.3) is 0 Å². The van der Waals surface area contributed by atoms with Gasteiger partial charge in [-0.15, -0.1) is 0 Å². The highest BCUT2D eigenvalue weighted by Crippen LogP contribution is 2.47. The van der Waals surface area contributed by atoms with Gasteiger partial charge in [-0.05, 0) is 18.3 Å². The highest BCUT2D eigenvalue weighted by Gasteiger charge is 2.43. The predicted octanol–water partition coefficient (Wildman–Crippen LogP) is 1.19. The number of halogens is 3. The zero-order valence-corrected chi connectivity index (χ0v) is 8.14. The van der Waals surface area contributed by atoms with Gasteiger partial charge in [0.2, 0.25) is 0 Å². The van der Waals surface area contributed by atoms with Crippen LogP contribution in [-0.2, 0) is 0 Å². The molecule has 0 aromatic rings. The van der Waals surface area contributed by atoms with E-state index in [2.05, 4.69) is 5.32 Å². The average Bonchev–Trinajstić information content (AvgIpc) is 2.84. The van der Waals surface area contributed by atoms with Crippen molar-refractivity contribution in [1.82, 2.24) is 5.32 Å². The summed E-state index contributed by atoms with van der Waals surface area (Å²) in [5.41, 5.74) is -0.139. The standard InChI is InChI=1S/C9H13F3N2O/c10-9(11,12)7(15)5-14-6-8(1-2-8)3-4-13/h7,14-15H,1-3,5-6H2. The number of aliphatic hydroxyl groups excluding tert-OH is 1. The van der Waals surface area contributed by atoms with Gasteiger partial charge in [-0.25, -0.2) is 0 Å². The molecule has 1 rings (SSSR count). The topological polar surface area (TPSA) is 56.0 Å². The van der Waals surface area contributed by atoms with E-state index in [1.807, 2.05) is 6.07 Å². The number of nitriles is 1. The van der Waals surface area contributed by atoms with E-state index in [9.17, 15) is 13.2 Å². The molecule has 0 saturated heterocycles. The Morgan fingerprint density at radius 3 is 2.47 bits per heavy atom. The summed E-state index contributed by atoms with van der Waals surface area (Å²) in [5, 5.41) is 19.7. The van der Waals surface area contributed by atoms with Crippen LogP contribution < -0.4 is 5.32 Å². The van der Waals surface area contributed by atoms with Crippen molar-refractivity contribution in [2.45, 2.75) is 31.5 Å². The van der Waals surface area contributed by atoms with E-state index in [4.69, 9.17) is 10.4 Å². The van der Waals surface area contributed by atoms with E-state index in [1.165, 1.54) is 0 Å². The van der Waals surface area contributed by atoms with Crippen molar-refractivity contribution in [2.24, 2.45) is 5.41 Å². The molecule has 3 nitrogen and oxygen atoms in total. The summed E-state index contributed by atoms with van der Waals surface area (Å²) < 4.78 is 35.7. The van der Waals surface area contributed by atoms with E-state index in [-0.39, 0.29) is 5.41 Å². The predicted molar refractivity (Wildman–Crippen MR) is 46.8 cm³/mol. The molecule has 0 spiro atoms. The molecule has 0 heterocycles. The van der Waals surface area contributed by atoms with Crippen LogP contribution in [0, 0.1) is 16.7 Å². The summed E-state index contributed by atoms with van der Waals surface area (Å²) in [6, 6.07) is 2.01. The lowest BCUT2D eigenvalue weighted by molar-refractivity contribution is -0.201. The molecule has 1 aliphatic rings. The second kappa shape index (κ2) is 4.37. The molecule has 1 saturated carbocycles. The minimum absolute atomic E-state index is 0.139. The van der Waals surface area contributed by atoms with E-state index in [1.54, 1.807) is 0 Å². The first-order valence-corrected chi connectivity index (χ1v) is 4.72. The van der Waals surface area contributed by atoms with E-state index < -0.39 is 18.8 Å². The Hall–Kier alpha value is -0.800. The van der Waals surface area contributed by atoms with Crippen molar-refractivity contribution in [3.63, 3.8) is 0 Å². The second-order valence-corrected chi connectivity index (χ2v) is 4.02. The first-order chi connectivity index (χ1) is 6.90. The molecule has 0 aliphatic heterocycles. The van der Waals surface area contributed by atoms with E-state index in [0.717, 1.165) is 12.8 Å². The number of nitrogens with zero attached hydrogens (tertiary/aromatic N) is 1. The lowest BCUT2D eigenvalue weighted by Gasteiger charge is -2.17. The largest absolute Gasteiger partial charge is 0.415 e. The fraction of sp³-hybridized carbons (Fsp3) is 0.889. The van der Waals surface area contributed by atoms with Crippen LogP contribution in [0.15, 0.2) is 0 Å². The zero-order valence-electron chi connectivity index (χ0n) is 8.14. The van der Waals surface area contributed by atoms with Gasteiger partial charge in [0, 0.05) is 19.5 Å². The number of rotatable bonds is 5. The number of alkyl halides is 3. The molecule has 1 fully saturated rings. The molecular formula is C9H13F3N2O. The van der Waals surface area contributed by atoms with Crippen LogP contribution in [0.2, 0.25) is 0 Å². The van der Waals surface area contributed by atoms with Gasteiger partial charge in [0.15, 0.2) is 6.10 Å². The third-order valence-electron chi connectivity index (χ3n) is 2.63. The van der Waals surface area contributed by atoms with Gasteiger partial charge in [-0.3, -0.25) is 0 Å². The molecule has 0 amide bonds. The Morgan fingerprint density at radius 1 is 1.47 bits per heavy atom. The highest BCUT2D eigenvalue weighted by molar-refractivity contribution is 5.00. The van der Waals surface area contributed by atoms with Crippen molar-refractivity contribution in [3.8, 4) is 6.07 Å². The van der Waals surface area contributed by atoms with Gasteiger partial charge in [0.1, 0.15) is 0 Å². The van der Waals surface area contributed by atoms with Crippen LogP contribution in [0.5, 0.6) is 0 Å². The van der Waals surface area contributed by atoms with Crippen molar-refractivity contribution >= 4 is 0 Å². The SMILES string of the molecule is N#CCC1(CNCC(O)C(F)(F)F)CC1. The minimum Gasteiger partial charge on any atom is -0.382 e. The van der Waals surface area contributed by atoms with Gasteiger partial charge in [-0.2, -0.15) is 18.4 Å². The molecule has 0 bridgehead atoms. The number of nitrogens with one attached hydrogen (secondary N) is 1. The van der Waals surface area contributed by atoms with E-state index >= 15 is 0 Å². The minimum atomic E-state index is -4.57. The summed E-state index contributed by atoms with van der Waals surface area (Å²) in [7, 11) is 0. The maximum Gasteiger partial charge on any atom is 0.415 e. The molecule has 1 aliphatic carbocycles. The average molecular weight is 222 g/mol. The van der Waals surface area contributed by atoms with E-state index in [0.29, 0.717) is 13.0 Å². The number of hydrogen-bond donors (Lipinski definition) is 2. The molecule has 0 aromatic heterocycles. The van der Waals surface area contributed by atoms with Crippen molar-refractivity contribution in [1.29, 1.82) is 5.26 Å². The van der Waals surface area contributed by atoms with Gasteiger partial charge >= 0.3 is 6.18 Å². The fourth-order valence-corrected chi connectivity index (χ4v) is 1.35. The van der Waals surface area contributed by atoms with Crippen LogP contribution in [-0.4, -0.2) is 30.5 Å². The summed E-state index contributed by atoms with van der Waals surface area (Å²) >= 11 is 0. The zero-order chi connectivity index (χ0) is 11.5. The third-order valence-corrected chi connectivity index (χ3v) is 2.63. The lowest BCUT2D eigenvalue weighted by Crippen LogP contribution is -2.40. The van der Waals surface area contributed by atoms with Gasteiger partial charge in [0.05, 0.1) is 6.07 Å². The first kappa shape index (κ1) is 12.3. The monoisotopic (exact) mass is 222 g/mol. The molecule has 1 unspecified atom stereocenters. The Balaban J connectivity index is 2.20. The maximum absolute atomic E-state index is 11.9. The summed E-state index contributed by atoms with van der Waals surface area (Å²) in [4.78, 5) is 0. The highest BCUT2D eigenvalue weighted by atomic mass is 19.4. The molecule has 0 radical (unpaired) electrons. The molecule has 86 valence electrons. The van der Waals surface area contributed by atoms with Gasteiger partial charge < -0.3 is 10.4 Å². The Morgan fingerprint density at radius 2 is 2.07 bits per heavy atom. The van der Waals surface area contributed by atoms with Crippen molar-refractivity contribution in [3.05, 3.63) is 0 Å². The summed E-state index contributed by atoms with van der Waals surface area (Å²) in [5.74, 6) is 0. The molecule has 6 heteroatoms. The molecule has 0 aromatic carbocycles. The Kier molecular flexibility index (Phi) is 3.58. The summed E-state index contributed by atoms with van der Waals surface area (Å²) in [6.45, 7) is -0.135. The fourth-order valence-electron chi connectivity index (χ4n) is 1.35. The second-order valence-electron chi connectivity index (χ2n) is 4.02. The van der Waals surface area contributed by atoms with Crippen LogP contribution in [0.1, 0.15) is 19.3 Å². The number of aliphatic hydroxyl groups is 1. The Bertz CT molecular complexity index is 255. The van der Waals surface area contributed by atoms with Gasteiger partial charge in [-0.1, -0.05) is 0 Å². The van der Waals surface area contributed by atoms with Crippen LogP contribution in [0.3, 0.4) is 0 Å². The molecular weight excluding hydrogens is 209 g/mol. The van der Waals surface area contributed by atoms with Crippen LogP contribution >= 0.6 is 0 Å². The molecule has 15 heavy (non-hydrogen) atoms. The summed E-state index contributed by atoms with van der Waals surface area (Å²) in [6.07, 6.45) is -4.79. The van der Waals surface area contributed by atoms with Gasteiger partial charge in [0.25, 0.3) is 0 Å². The number of hydrogen-bond acceptors (Lipinski definition) is 3. The van der Waals surface area contributed by atoms with Crippen molar-refractivity contribution < 1.29 is 18.3 Å². The lowest BCUT2D eigenvalue weighted by atomic mass is 10.0. The Labute approximate surface area is 85.9 Å². The molecule has 1 atom stereocenters. The molecule has 2 N–H and O–H groups in total. The third kappa shape index (κ3) is 3.68. The quantitative estimate of drug-likeness (QED) is 0.734. The first-order valence-electron chi connectivity index (χ1n) is 4.72. The normalized spacial score (nSPS) is 20.7. The van der Waals surface area contributed by atoms with Crippen LogP contribution in [0.4, 0.5) is 13.2 Å². The smallest absolute Gasteiger partial charge is 0.382 e. The van der Waals surface area contributed by atoms with Crippen molar-refractivity contribution in [2.75, 3.05) is 13.1 Å².